The molecule has 4 heterocycles. The molecule has 2 aromatic heterocycles. The number of aromatic hydroxyl groups is 1. The van der Waals surface area contributed by atoms with Crippen LogP contribution in [0.4, 0.5) is 0 Å². The molecule has 0 radical (unpaired) electrons. The van der Waals surface area contributed by atoms with Crippen molar-refractivity contribution in [1.82, 2.24) is 0 Å². The Bertz CT molecular complexity index is 2070. The summed E-state index contributed by atoms with van der Waals surface area (Å²) in [6.07, 6.45) is -12.6. The molecule has 0 bridgehead atoms. The Balaban J connectivity index is 1.32. The highest BCUT2D eigenvalue weighted by atomic mass is 16.8. The van der Waals surface area contributed by atoms with E-state index in [1.807, 2.05) is 0 Å². The molecule has 3 aromatic carbocycles. The van der Waals surface area contributed by atoms with Crippen molar-refractivity contribution in [2.24, 2.45) is 0 Å². The lowest BCUT2D eigenvalue weighted by atomic mass is 9.96. The summed E-state index contributed by atoms with van der Waals surface area (Å²) >= 11 is 0. The predicted octanol–water partition coefficient (Wildman–Crippen LogP) is 1.37. The summed E-state index contributed by atoms with van der Waals surface area (Å²) in [6.45, 7) is 4.80. The molecule has 46 heavy (non-hydrogen) atoms. The van der Waals surface area contributed by atoms with Crippen LogP contribution in [0.2, 0.25) is 0 Å². The van der Waals surface area contributed by atoms with Gasteiger partial charge in [-0.15, -0.1) is 0 Å². The molecule has 244 valence electrons. The number of methoxy groups -OCH3 is 1. The minimum atomic E-state index is -1.56. The van der Waals surface area contributed by atoms with Gasteiger partial charge in [0.05, 0.1) is 17.6 Å². The Labute approximate surface area is 259 Å². The Morgan fingerprint density at radius 2 is 1.41 bits per heavy atom. The van der Waals surface area contributed by atoms with Gasteiger partial charge in [-0.05, 0) is 50.6 Å². The molecule has 2 aliphatic heterocycles. The molecule has 7 rings (SSSR count). The minimum Gasteiger partial charge on any atom is -0.506 e. The Morgan fingerprint density at radius 1 is 0.717 bits per heavy atom. The molecule has 10 unspecified atom stereocenters. The van der Waals surface area contributed by atoms with Crippen LogP contribution in [0.5, 0.6) is 11.5 Å². The monoisotopic (exact) mass is 640 g/mol. The van der Waals surface area contributed by atoms with E-state index in [1.54, 1.807) is 26.0 Å². The van der Waals surface area contributed by atoms with Gasteiger partial charge in [0.15, 0.2) is 12.4 Å². The van der Waals surface area contributed by atoms with Gasteiger partial charge in [-0.2, -0.15) is 0 Å². The molecule has 0 spiro atoms. The van der Waals surface area contributed by atoms with Crippen molar-refractivity contribution in [3.63, 3.8) is 0 Å². The van der Waals surface area contributed by atoms with Crippen LogP contribution in [-0.2, 0) is 18.9 Å². The van der Waals surface area contributed by atoms with E-state index in [1.165, 1.54) is 32.2 Å². The average molecular weight is 641 g/mol. The van der Waals surface area contributed by atoms with Crippen LogP contribution in [0.1, 0.15) is 19.4 Å². The van der Waals surface area contributed by atoms with E-state index in [2.05, 4.69) is 0 Å². The van der Waals surface area contributed by atoms with E-state index >= 15 is 0 Å². The summed E-state index contributed by atoms with van der Waals surface area (Å²) in [5.74, 6) is -0.262. The maximum atomic E-state index is 13.2. The van der Waals surface area contributed by atoms with Crippen molar-refractivity contribution >= 4 is 43.5 Å². The first-order valence-corrected chi connectivity index (χ1v) is 14.7. The number of benzene rings is 3. The molecule has 0 amide bonds. The van der Waals surface area contributed by atoms with Crippen molar-refractivity contribution in [1.29, 1.82) is 0 Å². The first kappa shape index (κ1) is 30.8. The Kier molecular flexibility index (Phi) is 7.45. The highest BCUT2D eigenvalue weighted by Crippen LogP contribution is 2.43. The molecule has 5 N–H and O–H groups in total. The van der Waals surface area contributed by atoms with Crippen LogP contribution in [0.3, 0.4) is 0 Å². The van der Waals surface area contributed by atoms with Gasteiger partial charge in [-0.3, -0.25) is 0 Å². The highest BCUT2D eigenvalue weighted by Gasteiger charge is 2.50. The first-order chi connectivity index (χ1) is 21.9. The fourth-order valence-electron chi connectivity index (χ4n) is 6.53. The SMILES string of the molecule is COC1C(O)C(C)OC(OC2C(Oc3ccc4c(O)c5c(=O)oc6ccc(C)c7c(=O)oc(c4c3)c5c67)OC(C)C(O)C2O)C1O. The maximum absolute atomic E-state index is 13.2. The number of aryl methyl sites for hydroxylation is 1. The van der Waals surface area contributed by atoms with Crippen molar-refractivity contribution < 1.29 is 58.1 Å². The summed E-state index contributed by atoms with van der Waals surface area (Å²) in [7, 11) is 1.31. The number of hydrogen-bond donors (Lipinski definition) is 5. The molecule has 0 aliphatic carbocycles. The average Bonchev–Trinajstić information content (AvgIpc) is 3.02. The summed E-state index contributed by atoms with van der Waals surface area (Å²) in [6, 6.07) is 7.58. The van der Waals surface area contributed by atoms with E-state index in [0.717, 1.165) is 0 Å². The van der Waals surface area contributed by atoms with E-state index in [0.29, 0.717) is 10.9 Å². The molecule has 2 saturated heterocycles. The van der Waals surface area contributed by atoms with Gasteiger partial charge in [0.2, 0.25) is 6.29 Å². The quantitative estimate of drug-likeness (QED) is 0.104. The van der Waals surface area contributed by atoms with Crippen LogP contribution >= 0.6 is 0 Å². The Hall–Kier alpha value is -3.86. The number of aliphatic hydroxyl groups excluding tert-OH is 4. The van der Waals surface area contributed by atoms with Crippen LogP contribution in [-0.4, -0.2) is 94.1 Å². The van der Waals surface area contributed by atoms with Gasteiger partial charge in [-0.1, -0.05) is 6.07 Å². The number of rotatable bonds is 5. The number of phenols is 1. The largest absolute Gasteiger partial charge is 0.506 e. The van der Waals surface area contributed by atoms with Crippen molar-refractivity contribution in [2.45, 2.75) is 82.2 Å². The van der Waals surface area contributed by atoms with Gasteiger partial charge < -0.3 is 58.1 Å². The second-order valence-electron chi connectivity index (χ2n) is 11.8. The molecular formula is C32H32O14. The number of phenolic OH excluding ortho intramolecular Hbond substituents is 1. The van der Waals surface area contributed by atoms with E-state index in [-0.39, 0.29) is 49.6 Å². The summed E-state index contributed by atoms with van der Waals surface area (Å²) in [5, 5.41) is 55.0. The summed E-state index contributed by atoms with van der Waals surface area (Å²) in [5.41, 5.74) is -0.703. The smallest absolute Gasteiger partial charge is 0.348 e. The summed E-state index contributed by atoms with van der Waals surface area (Å²) in [4.78, 5) is 26.2. The molecule has 5 aromatic rings. The van der Waals surface area contributed by atoms with E-state index < -0.39 is 72.7 Å². The number of fused-ring (bicyclic) bond motifs is 2. The third-order valence-corrected chi connectivity index (χ3v) is 9.02. The lowest BCUT2D eigenvalue weighted by Crippen LogP contribution is -2.64. The number of ether oxygens (including phenoxy) is 5. The lowest BCUT2D eigenvalue weighted by Gasteiger charge is -2.46. The van der Waals surface area contributed by atoms with Gasteiger partial charge >= 0.3 is 11.3 Å². The Morgan fingerprint density at radius 3 is 2.15 bits per heavy atom. The van der Waals surface area contributed by atoms with Gasteiger partial charge in [0.1, 0.15) is 58.6 Å². The second kappa shape index (κ2) is 11.1. The van der Waals surface area contributed by atoms with Gasteiger partial charge in [0, 0.05) is 28.7 Å². The molecule has 10 atom stereocenters. The maximum Gasteiger partial charge on any atom is 0.348 e. The first-order valence-electron chi connectivity index (χ1n) is 14.7. The lowest BCUT2D eigenvalue weighted by molar-refractivity contribution is -0.353. The molecule has 2 aliphatic rings. The van der Waals surface area contributed by atoms with Crippen LogP contribution in [0.25, 0.3) is 43.5 Å². The normalized spacial score (nSPS) is 32.2. The highest BCUT2D eigenvalue weighted by molar-refractivity contribution is 6.27. The summed E-state index contributed by atoms with van der Waals surface area (Å²) < 4.78 is 40.1. The number of aliphatic hydroxyl groups is 4. The second-order valence-corrected chi connectivity index (χ2v) is 11.8. The molecule has 14 nitrogen and oxygen atoms in total. The zero-order valence-corrected chi connectivity index (χ0v) is 25.1. The van der Waals surface area contributed by atoms with Crippen LogP contribution in [0, 0.1) is 6.92 Å². The van der Waals surface area contributed by atoms with Crippen LogP contribution in [0.15, 0.2) is 48.8 Å². The molecule has 0 saturated carbocycles. The molecular weight excluding hydrogens is 608 g/mol. The van der Waals surface area contributed by atoms with E-state index in [9.17, 15) is 35.1 Å². The zero-order valence-electron chi connectivity index (χ0n) is 25.1. The van der Waals surface area contributed by atoms with Gasteiger partial charge in [-0.25, -0.2) is 9.59 Å². The van der Waals surface area contributed by atoms with Crippen molar-refractivity contribution in [2.75, 3.05) is 7.11 Å². The predicted molar refractivity (Wildman–Crippen MR) is 160 cm³/mol. The van der Waals surface area contributed by atoms with Crippen LogP contribution < -0.4 is 16.0 Å². The molecule has 14 heteroatoms. The zero-order chi connectivity index (χ0) is 32.8. The van der Waals surface area contributed by atoms with Crippen molar-refractivity contribution in [3.8, 4) is 11.5 Å². The minimum absolute atomic E-state index is 0.0207. The third kappa shape index (κ3) is 4.56. The van der Waals surface area contributed by atoms with Gasteiger partial charge in [0.25, 0.3) is 0 Å². The standard InChI is InChI=1S/C32H32O14/c1-10-5-8-16-18-17(10)29(38)45-26-15-9-13(6-7-14(15)23(35)20(19(18)26)30(39)44-16)43-32-28(24(36)21(33)11(2)42-32)46-31-25(37)27(40-4)22(34)12(3)41-31/h5-9,11-12,21-22,24-25,27-28,31-37H,1-4H3. The molecule has 2 fully saturated rings. The van der Waals surface area contributed by atoms with E-state index in [4.69, 9.17) is 32.5 Å². The third-order valence-electron chi connectivity index (χ3n) is 9.02. The topological polar surface area (TPSA) is 208 Å². The fraction of sp³-hybridized carbons (Fsp3) is 0.438. The number of hydrogen-bond acceptors (Lipinski definition) is 14. The van der Waals surface area contributed by atoms with Crippen molar-refractivity contribution in [3.05, 3.63) is 56.7 Å². The fourth-order valence-corrected chi connectivity index (χ4v) is 6.53.